The van der Waals surface area contributed by atoms with Gasteiger partial charge in [0.2, 0.25) is 0 Å². The van der Waals surface area contributed by atoms with Crippen LogP contribution in [0.15, 0.2) is 91.5 Å². The number of para-hydroxylation sites is 1. The molecule has 8 nitrogen and oxygen atoms in total. The van der Waals surface area contributed by atoms with Crippen molar-refractivity contribution in [2.24, 2.45) is 5.41 Å². The molecule has 1 amide bonds. The third-order valence-electron chi connectivity index (χ3n) is 6.70. The van der Waals surface area contributed by atoms with Gasteiger partial charge in [-0.25, -0.2) is 9.97 Å². The number of rotatable bonds is 9. The van der Waals surface area contributed by atoms with E-state index in [2.05, 4.69) is 65.6 Å². The molecule has 0 aliphatic rings. The molecule has 1 atom stereocenters. The number of nitrogens with one attached hydrogen (secondary N) is 2. The van der Waals surface area contributed by atoms with Crippen LogP contribution in [0.1, 0.15) is 48.3 Å². The van der Waals surface area contributed by atoms with Gasteiger partial charge >= 0.3 is 0 Å². The van der Waals surface area contributed by atoms with Gasteiger partial charge in [0.1, 0.15) is 17.9 Å². The zero-order chi connectivity index (χ0) is 27.4. The molecule has 5 aromatic rings. The first-order valence-corrected chi connectivity index (χ1v) is 13.0. The fourth-order valence-electron chi connectivity index (χ4n) is 4.63. The number of carbonyl (C=O) groups excluding carboxylic acids is 1. The minimum atomic E-state index is -0.289. The smallest absolute Gasteiger partial charge is 0.255 e. The van der Waals surface area contributed by atoms with Crippen molar-refractivity contribution in [2.45, 2.75) is 33.2 Å². The van der Waals surface area contributed by atoms with Gasteiger partial charge in [-0.15, -0.1) is 0 Å². The predicted octanol–water partition coefficient (Wildman–Crippen LogP) is 5.69. The Morgan fingerprint density at radius 2 is 1.79 bits per heavy atom. The Kier molecular flexibility index (Phi) is 7.27. The fraction of sp³-hybridized carbons (Fsp3) is 0.226. The Morgan fingerprint density at radius 3 is 2.59 bits per heavy atom. The molecule has 0 spiro atoms. The molecule has 0 radical (unpaired) electrons. The van der Waals surface area contributed by atoms with E-state index in [4.69, 9.17) is 4.98 Å². The van der Waals surface area contributed by atoms with Crippen molar-refractivity contribution in [1.82, 2.24) is 24.8 Å². The number of nitrogens with zero attached hydrogens (tertiary/aromatic N) is 4. The molecule has 2 heterocycles. The number of aromatic nitrogens is 4. The largest absolute Gasteiger partial charge is 0.507 e. The SMILES string of the molecule is C[C@H](Nc1cncc(-n2cnc3ccc(CC(C)(C)CNC(=O)c4ccccc4O)cc32)n1)c1ccccc1. The Bertz CT molecular complexity index is 1600. The fourth-order valence-corrected chi connectivity index (χ4v) is 4.63. The van der Waals surface area contributed by atoms with E-state index in [0.29, 0.717) is 18.2 Å². The standard InChI is InChI=1S/C31H32N6O2/c1-21(23-9-5-4-6-10-23)35-28-17-32-18-29(36-28)37-20-34-25-14-13-22(15-26(25)37)16-31(2,3)19-33-30(39)24-11-7-8-12-27(24)38/h4-15,17-18,20-21,38H,16,19H2,1-3H3,(H,33,39)(H,35,36)/t21-/m0/s1. The van der Waals surface area contributed by atoms with Gasteiger partial charge in [-0.2, -0.15) is 0 Å². The molecular formula is C31H32N6O2. The van der Waals surface area contributed by atoms with Gasteiger partial charge in [0.25, 0.3) is 5.91 Å². The maximum absolute atomic E-state index is 12.6. The second-order valence-electron chi connectivity index (χ2n) is 10.5. The second kappa shape index (κ2) is 10.9. The molecule has 0 aliphatic carbocycles. The molecule has 0 fully saturated rings. The molecule has 2 aromatic heterocycles. The molecule has 0 unspecified atom stereocenters. The van der Waals surface area contributed by atoms with Crippen molar-refractivity contribution in [1.29, 1.82) is 0 Å². The molecular weight excluding hydrogens is 488 g/mol. The maximum atomic E-state index is 12.6. The van der Waals surface area contributed by atoms with E-state index >= 15 is 0 Å². The van der Waals surface area contributed by atoms with Crippen molar-refractivity contribution in [2.75, 3.05) is 11.9 Å². The second-order valence-corrected chi connectivity index (χ2v) is 10.5. The molecule has 39 heavy (non-hydrogen) atoms. The predicted molar refractivity (Wildman–Crippen MR) is 153 cm³/mol. The summed E-state index contributed by atoms with van der Waals surface area (Å²) < 4.78 is 1.94. The van der Waals surface area contributed by atoms with Crippen molar-refractivity contribution < 1.29 is 9.90 Å². The number of anilines is 1. The van der Waals surface area contributed by atoms with Crippen LogP contribution in [-0.2, 0) is 6.42 Å². The lowest BCUT2D eigenvalue weighted by Gasteiger charge is -2.25. The van der Waals surface area contributed by atoms with Crippen molar-refractivity contribution in [3.05, 3.63) is 108 Å². The number of phenolic OH excluding ortho intramolecular Hbond substituents is 1. The summed E-state index contributed by atoms with van der Waals surface area (Å²) >= 11 is 0. The minimum Gasteiger partial charge on any atom is -0.507 e. The number of phenols is 1. The van der Waals surface area contributed by atoms with Crippen molar-refractivity contribution in [3.8, 4) is 11.6 Å². The first kappa shape index (κ1) is 25.9. The van der Waals surface area contributed by atoms with Gasteiger partial charge in [0, 0.05) is 12.6 Å². The number of fused-ring (bicyclic) bond motifs is 1. The Morgan fingerprint density at radius 1 is 1.03 bits per heavy atom. The summed E-state index contributed by atoms with van der Waals surface area (Å²) in [7, 11) is 0. The highest BCUT2D eigenvalue weighted by atomic mass is 16.3. The van der Waals surface area contributed by atoms with E-state index in [9.17, 15) is 9.90 Å². The van der Waals surface area contributed by atoms with Crippen LogP contribution in [-0.4, -0.2) is 37.1 Å². The molecule has 5 rings (SSSR count). The number of hydrogen-bond acceptors (Lipinski definition) is 6. The minimum absolute atomic E-state index is 0.0246. The lowest BCUT2D eigenvalue weighted by atomic mass is 9.85. The molecule has 3 N–H and O–H groups in total. The number of hydrogen-bond donors (Lipinski definition) is 3. The molecule has 0 aliphatic heterocycles. The van der Waals surface area contributed by atoms with E-state index in [0.717, 1.165) is 23.0 Å². The van der Waals surface area contributed by atoms with Crippen LogP contribution in [0.2, 0.25) is 0 Å². The Balaban J connectivity index is 1.31. The average Bonchev–Trinajstić information content (AvgIpc) is 3.36. The third-order valence-corrected chi connectivity index (χ3v) is 6.70. The van der Waals surface area contributed by atoms with Gasteiger partial charge in [-0.1, -0.05) is 62.4 Å². The van der Waals surface area contributed by atoms with E-state index in [1.54, 1.807) is 36.9 Å². The van der Waals surface area contributed by atoms with Gasteiger partial charge in [0.05, 0.1) is 29.0 Å². The summed E-state index contributed by atoms with van der Waals surface area (Å²) in [5.74, 6) is 1.05. The summed E-state index contributed by atoms with van der Waals surface area (Å²) in [5.41, 5.74) is 4.13. The van der Waals surface area contributed by atoms with Crippen molar-refractivity contribution >= 4 is 22.8 Å². The molecule has 3 aromatic carbocycles. The van der Waals surface area contributed by atoms with Crippen LogP contribution in [0.5, 0.6) is 5.75 Å². The lowest BCUT2D eigenvalue weighted by molar-refractivity contribution is 0.0933. The highest BCUT2D eigenvalue weighted by Crippen LogP contribution is 2.26. The normalized spacial score (nSPS) is 12.3. The van der Waals surface area contributed by atoms with E-state index in [1.165, 1.54) is 11.6 Å². The zero-order valence-electron chi connectivity index (χ0n) is 22.3. The Hall–Kier alpha value is -4.72. The van der Waals surface area contributed by atoms with Crippen LogP contribution in [0, 0.1) is 5.41 Å². The number of carbonyl (C=O) groups is 1. The van der Waals surface area contributed by atoms with Crippen LogP contribution >= 0.6 is 0 Å². The van der Waals surface area contributed by atoms with Crippen LogP contribution in [0.25, 0.3) is 16.9 Å². The lowest BCUT2D eigenvalue weighted by Crippen LogP contribution is -2.35. The van der Waals surface area contributed by atoms with E-state index in [-0.39, 0.29) is 28.7 Å². The summed E-state index contributed by atoms with van der Waals surface area (Å²) in [5, 5.41) is 16.4. The van der Waals surface area contributed by atoms with Crippen LogP contribution in [0.4, 0.5) is 5.82 Å². The maximum Gasteiger partial charge on any atom is 0.255 e. The van der Waals surface area contributed by atoms with E-state index < -0.39 is 0 Å². The Labute approximate surface area is 227 Å². The average molecular weight is 521 g/mol. The highest BCUT2D eigenvalue weighted by molar-refractivity contribution is 5.96. The van der Waals surface area contributed by atoms with Crippen LogP contribution in [0.3, 0.4) is 0 Å². The quantitative estimate of drug-likeness (QED) is 0.231. The molecule has 8 heteroatoms. The molecule has 0 saturated carbocycles. The highest BCUT2D eigenvalue weighted by Gasteiger charge is 2.22. The topological polar surface area (TPSA) is 105 Å². The number of benzene rings is 3. The molecule has 198 valence electrons. The van der Waals surface area contributed by atoms with Gasteiger partial charge < -0.3 is 15.7 Å². The summed E-state index contributed by atoms with van der Waals surface area (Å²) in [6.45, 7) is 6.76. The summed E-state index contributed by atoms with van der Waals surface area (Å²) in [6, 6.07) is 23.0. The number of amides is 1. The number of aromatic hydroxyl groups is 1. The molecule has 0 saturated heterocycles. The molecule has 0 bridgehead atoms. The van der Waals surface area contributed by atoms with Gasteiger partial charge in [-0.3, -0.25) is 14.3 Å². The third kappa shape index (κ3) is 6.06. The summed E-state index contributed by atoms with van der Waals surface area (Å²) in [6.07, 6.45) is 5.95. The monoisotopic (exact) mass is 520 g/mol. The first-order chi connectivity index (χ1) is 18.8. The van der Waals surface area contributed by atoms with Crippen molar-refractivity contribution in [3.63, 3.8) is 0 Å². The van der Waals surface area contributed by atoms with Gasteiger partial charge in [-0.05, 0) is 54.2 Å². The van der Waals surface area contributed by atoms with Crippen LogP contribution < -0.4 is 10.6 Å². The summed E-state index contributed by atoms with van der Waals surface area (Å²) in [4.78, 5) is 26.4. The first-order valence-electron chi connectivity index (χ1n) is 13.0. The van der Waals surface area contributed by atoms with E-state index in [1.807, 2.05) is 28.8 Å². The van der Waals surface area contributed by atoms with Gasteiger partial charge in [0.15, 0.2) is 5.82 Å². The number of imidazole rings is 1. The zero-order valence-corrected chi connectivity index (χ0v) is 22.3.